The summed E-state index contributed by atoms with van der Waals surface area (Å²) in [5, 5.41) is 6.04. The smallest absolute Gasteiger partial charge is 0.382 e. The normalized spacial score (nSPS) is 14.9. The van der Waals surface area contributed by atoms with Crippen LogP contribution in [-0.2, 0) is 15.5 Å². The third-order valence-electron chi connectivity index (χ3n) is 5.76. The van der Waals surface area contributed by atoms with Crippen LogP contribution < -0.4 is 0 Å². The first-order valence-corrected chi connectivity index (χ1v) is 9.97. The van der Waals surface area contributed by atoms with Crippen LogP contribution >= 0.6 is 0 Å². The zero-order valence-electron chi connectivity index (χ0n) is 17.2. The molecule has 0 heterocycles. The van der Waals surface area contributed by atoms with Crippen LogP contribution in [0.15, 0.2) is 72.8 Å². The van der Waals surface area contributed by atoms with E-state index >= 15 is 0 Å². The lowest BCUT2D eigenvalue weighted by Gasteiger charge is -2.30. The summed E-state index contributed by atoms with van der Waals surface area (Å²) < 4.78 is 75.1. The topological polar surface area (TPSA) is 66.8 Å². The number of hydrogen-bond donors (Lipinski definition) is 1. The standard InChI is InChI=1S/C24H16F5NO4/c25-23(26,24(27,22(32)33)30(28)29)20-12-6-5-11-18(20)21(31)34-13-19-16-9-3-1-7-14(16)15-8-2-4-10-17(15)19/h1-12,19H,13H2,(H,32,33)/t24-/m0/s1. The Morgan fingerprint density at radius 3 is 1.88 bits per heavy atom. The molecule has 0 fully saturated rings. The molecule has 1 atom stereocenters. The Morgan fingerprint density at radius 1 is 0.853 bits per heavy atom. The molecule has 4 rings (SSSR count). The number of carbonyl (C=O) groups excluding carboxylic acids is 1. The highest BCUT2D eigenvalue weighted by molar-refractivity contribution is 5.92. The molecule has 3 aromatic rings. The van der Waals surface area contributed by atoms with E-state index in [-0.39, 0.29) is 6.61 Å². The Balaban J connectivity index is 1.65. The summed E-state index contributed by atoms with van der Waals surface area (Å²) in [6, 6.07) is 18.1. The number of fused-ring (bicyclic) bond motifs is 3. The average molecular weight is 477 g/mol. The van der Waals surface area contributed by atoms with Crippen molar-refractivity contribution < 1.29 is 41.6 Å². The first-order valence-electron chi connectivity index (χ1n) is 9.97. The van der Waals surface area contributed by atoms with Gasteiger partial charge in [0.15, 0.2) is 0 Å². The van der Waals surface area contributed by atoms with Crippen LogP contribution in [0.4, 0.5) is 22.1 Å². The highest BCUT2D eigenvalue weighted by Crippen LogP contribution is 2.47. The fourth-order valence-electron chi connectivity index (χ4n) is 4.10. The van der Waals surface area contributed by atoms with Gasteiger partial charge in [0.05, 0.1) is 10.9 Å². The van der Waals surface area contributed by atoms with E-state index in [0.29, 0.717) is 6.07 Å². The van der Waals surface area contributed by atoms with Crippen molar-refractivity contribution >= 4 is 11.9 Å². The number of carboxylic acid groups (broad SMARTS) is 1. The molecule has 176 valence electrons. The molecule has 1 N–H and O–H groups in total. The Morgan fingerprint density at radius 2 is 1.35 bits per heavy atom. The summed E-state index contributed by atoms with van der Waals surface area (Å²) >= 11 is 0. The van der Waals surface area contributed by atoms with Gasteiger partial charge in [0.25, 0.3) is 0 Å². The first kappa shape index (κ1) is 23.4. The fourth-order valence-corrected chi connectivity index (χ4v) is 4.10. The zero-order valence-corrected chi connectivity index (χ0v) is 17.2. The van der Waals surface area contributed by atoms with Gasteiger partial charge in [-0.25, -0.2) is 14.0 Å². The van der Waals surface area contributed by atoms with E-state index in [4.69, 9.17) is 9.84 Å². The summed E-state index contributed by atoms with van der Waals surface area (Å²) in [6.45, 7) is -0.273. The van der Waals surface area contributed by atoms with Gasteiger partial charge in [-0.1, -0.05) is 75.7 Å². The van der Waals surface area contributed by atoms with Crippen molar-refractivity contribution in [1.29, 1.82) is 0 Å². The molecule has 0 saturated heterocycles. The van der Waals surface area contributed by atoms with Crippen molar-refractivity contribution in [3.63, 3.8) is 0 Å². The lowest BCUT2D eigenvalue weighted by molar-refractivity contribution is -0.340. The number of alkyl halides is 3. The van der Waals surface area contributed by atoms with E-state index in [0.717, 1.165) is 40.5 Å². The van der Waals surface area contributed by atoms with Crippen LogP contribution in [0, 0.1) is 0 Å². The van der Waals surface area contributed by atoms with Crippen molar-refractivity contribution in [2.75, 3.05) is 6.61 Å². The number of ether oxygens (including phenoxy) is 1. The van der Waals surface area contributed by atoms with Crippen molar-refractivity contribution in [1.82, 2.24) is 5.34 Å². The number of halogens is 5. The summed E-state index contributed by atoms with van der Waals surface area (Å²) in [4.78, 5) is 23.7. The third kappa shape index (κ3) is 3.50. The third-order valence-corrected chi connectivity index (χ3v) is 5.76. The number of carboxylic acids is 1. The molecule has 0 spiro atoms. The van der Waals surface area contributed by atoms with Crippen LogP contribution in [0.2, 0.25) is 0 Å². The lowest BCUT2D eigenvalue weighted by Crippen LogP contribution is -2.56. The van der Waals surface area contributed by atoms with Gasteiger partial charge in [0, 0.05) is 11.5 Å². The number of carbonyl (C=O) groups is 2. The van der Waals surface area contributed by atoms with E-state index in [1.54, 1.807) is 12.1 Å². The molecule has 0 saturated carbocycles. The van der Waals surface area contributed by atoms with Gasteiger partial charge in [0.1, 0.15) is 6.61 Å². The van der Waals surface area contributed by atoms with Gasteiger partial charge in [-0.2, -0.15) is 8.78 Å². The second-order valence-corrected chi connectivity index (χ2v) is 7.61. The fraction of sp³-hybridized carbons (Fsp3) is 0.167. The van der Waals surface area contributed by atoms with Crippen LogP contribution in [-0.4, -0.2) is 34.8 Å². The molecule has 0 unspecified atom stereocenters. The van der Waals surface area contributed by atoms with Gasteiger partial charge in [-0.05, 0) is 28.3 Å². The van der Waals surface area contributed by atoms with Crippen LogP contribution in [0.5, 0.6) is 0 Å². The predicted octanol–water partition coefficient (Wildman–Crippen LogP) is 5.57. The Kier molecular flexibility index (Phi) is 5.86. The molecule has 0 radical (unpaired) electrons. The van der Waals surface area contributed by atoms with E-state index in [1.807, 2.05) is 36.4 Å². The summed E-state index contributed by atoms with van der Waals surface area (Å²) in [5.41, 5.74) is 1.04. The number of benzene rings is 3. The van der Waals surface area contributed by atoms with Gasteiger partial charge in [-0.15, -0.1) is 0 Å². The second-order valence-electron chi connectivity index (χ2n) is 7.61. The van der Waals surface area contributed by atoms with Gasteiger partial charge < -0.3 is 9.84 Å². The van der Waals surface area contributed by atoms with Gasteiger partial charge in [-0.3, -0.25) is 0 Å². The minimum absolute atomic E-state index is 0.273. The molecule has 0 aromatic heterocycles. The summed E-state index contributed by atoms with van der Waals surface area (Å²) in [6.07, 6.45) is 0. The largest absolute Gasteiger partial charge is 0.478 e. The highest BCUT2D eigenvalue weighted by atomic mass is 19.4. The highest BCUT2D eigenvalue weighted by Gasteiger charge is 2.69. The molecule has 1 aliphatic rings. The zero-order chi connectivity index (χ0) is 24.7. The quantitative estimate of drug-likeness (QED) is 0.209. The number of nitrogens with zero attached hydrogens (tertiary/aromatic N) is 1. The van der Waals surface area contributed by atoms with Crippen molar-refractivity contribution in [2.45, 2.75) is 17.6 Å². The van der Waals surface area contributed by atoms with E-state index in [1.165, 1.54) is 0 Å². The maximum Gasteiger partial charge on any atom is 0.382 e. The van der Waals surface area contributed by atoms with E-state index in [9.17, 15) is 31.7 Å². The van der Waals surface area contributed by atoms with Crippen molar-refractivity contribution in [3.8, 4) is 11.1 Å². The second kappa shape index (κ2) is 8.53. The first-order chi connectivity index (χ1) is 16.1. The van der Waals surface area contributed by atoms with E-state index < -0.39 is 46.0 Å². The molecule has 3 aromatic carbocycles. The molecule has 0 amide bonds. The predicted molar refractivity (Wildman–Crippen MR) is 110 cm³/mol. The Labute approximate surface area is 189 Å². The summed E-state index contributed by atoms with van der Waals surface area (Å²) in [7, 11) is 0. The van der Waals surface area contributed by atoms with Crippen LogP contribution in [0.1, 0.15) is 33.0 Å². The van der Waals surface area contributed by atoms with Crippen LogP contribution in [0.25, 0.3) is 11.1 Å². The molecule has 5 nitrogen and oxygen atoms in total. The molecule has 1 aliphatic carbocycles. The number of hydrogen-bond acceptors (Lipinski definition) is 4. The Bertz CT molecular complexity index is 1220. The number of rotatable bonds is 7. The summed E-state index contributed by atoms with van der Waals surface area (Å²) in [5.74, 6) is -15.6. The monoisotopic (exact) mass is 477 g/mol. The molecule has 34 heavy (non-hydrogen) atoms. The SMILES string of the molecule is O=C(OCC1c2ccccc2-c2ccccc21)c1ccccc1C(F)(F)[C@](F)(C(=O)O)N(F)F. The van der Waals surface area contributed by atoms with Crippen molar-refractivity contribution in [2.24, 2.45) is 0 Å². The molecule has 0 bridgehead atoms. The molecule has 0 aliphatic heterocycles. The maximum absolute atomic E-state index is 14.8. The average Bonchev–Trinajstić information content (AvgIpc) is 3.15. The molecule has 10 heteroatoms. The van der Waals surface area contributed by atoms with Gasteiger partial charge in [0.2, 0.25) is 0 Å². The van der Waals surface area contributed by atoms with Gasteiger partial charge >= 0.3 is 23.7 Å². The minimum Gasteiger partial charge on any atom is -0.478 e. The number of aliphatic carboxylic acids is 1. The Hall–Kier alpha value is -3.79. The maximum atomic E-state index is 14.8. The number of esters is 1. The molecular weight excluding hydrogens is 461 g/mol. The molecular formula is C24H16F5NO4. The van der Waals surface area contributed by atoms with Crippen LogP contribution in [0.3, 0.4) is 0 Å². The van der Waals surface area contributed by atoms with E-state index in [2.05, 4.69) is 0 Å². The van der Waals surface area contributed by atoms with Crippen molar-refractivity contribution in [3.05, 3.63) is 95.1 Å². The minimum atomic E-state index is -5.41. The lowest BCUT2D eigenvalue weighted by atomic mass is 9.94.